The molecule has 4 aliphatic rings. The van der Waals surface area contributed by atoms with Gasteiger partial charge >= 0.3 is 6.01 Å². The number of nitrogens with zero attached hydrogens (tertiary/aromatic N) is 5. The van der Waals surface area contributed by atoms with E-state index in [0.29, 0.717) is 78.5 Å². The van der Waals surface area contributed by atoms with Crippen molar-refractivity contribution >= 4 is 27.5 Å². The average Bonchev–Trinajstić information content (AvgIpc) is 3.85. The normalized spacial score (nSPS) is 23.7. The van der Waals surface area contributed by atoms with Crippen molar-refractivity contribution in [2.24, 2.45) is 11.3 Å². The summed E-state index contributed by atoms with van der Waals surface area (Å²) in [6.07, 6.45) is 11.3. The summed E-state index contributed by atoms with van der Waals surface area (Å²) >= 11 is 0. The minimum absolute atomic E-state index is 0.00551. The van der Waals surface area contributed by atoms with Gasteiger partial charge in [-0.2, -0.15) is 9.97 Å². The molecule has 0 bridgehead atoms. The van der Waals surface area contributed by atoms with Crippen LogP contribution in [0.1, 0.15) is 63.9 Å². The maximum atomic E-state index is 16.9. The van der Waals surface area contributed by atoms with Gasteiger partial charge in [-0.1, -0.05) is 19.4 Å². The van der Waals surface area contributed by atoms with E-state index in [4.69, 9.17) is 19.4 Å². The molecule has 2 aromatic heterocycles. The minimum atomic E-state index is -0.648. The van der Waals surface area contributed by atoms with E-state index in [9.17, 15) is 5.11 Å². The molecule has 0 spiro atoms. The first-order valence-electron chi connectivity index (χ1n) is 17.4. The summed E-state index contributed by atoms with van der Waals surface area (Å²) in [5.41, 5.74) is 0.929. The molecule has 0 radical (unpaired) electrons. The number of halogens is 2. The lowest BCUT2D eigenvalue weighted by molar-refractivity contribution is -0.00241. The molecule has 4 heterocycles. The van der Waals surface area contributed by atoms with Crippen LogP contribution in [0, 0.1) is 23.0 Å². The second-order valence-electron chi connectivity index (χ2n) is 14.0. The van der Waals surface area contributed by atoms with E-state index < -0.39 is 5.82 Å². The van der Waals surface area contributed by atoms with Crippen molar-refractivity contribution in [2.45, 2.75) is 70.8 Å². The van der Waals surface area contributed by atoms with Gasteiger partial charge in [-0.05, 0) is 98.4 Å². The zero-order chi connectivity index (χ0) is 32.1. The Morgan fingerprint density at radius 1 is 1.02 bits per heavy atom. The topological polar surface area (TPSA) is 83.8 Å². The molecule has 248 valence electrons. The Hall–Kier alpha value is -3.63. The van der Waals surface area contributed by atoms with Crippen molar-refractivity contribution in [1.29, 1.82) is 0 Å². The standard InChI is InChI=1S/C37H43F2N5O3/c1-2-26-29(38)10-9-24-18-25(45)19-27(31(24)26)33-32(39)34-28(20-40-33)35(43-14-5-16-46-17-15-43)42-36(41-34)47-22-37-11-3-6-30(37)44(13-4-12-37)21-23-7-8-23/h9-10,18-20,23,30,45H,2-8,11-17,21-22H2,1H3/t30-,37-/m1/s1. The van der Waals surface area contributed by atoms with Crippen LogP contribution in [0.2, 0.25) is 0 Å². The molecule has 1 N–H and O–H groups in total. The third-order valence-electron chi connectivity index (χ3n) is 11.0. The molecule has 4 fully saturated rings. The highest BCUT2D eigenvalue weighted by Crippen LogP contribution is 2.49. The quantitative estimate of drug-likeness (QED) is 0.219. The molecule has 47 heavy (non-hydrogen) atoms. The third kappa shape index (κ3) is 5.67. The van der Waals surface area contributed by atoms with Crippen molar-refractivity contribution in [1.82, 2.24) is 19.9 Å². The number of piperidine rings is 1. The lowest BCUT2D eigenvalue weighted by atomic mass is 9.75. The summed E-state index contributed by atoms with van der Waals surface area (Å²) < 4.78 is 44.2. The Morgan fingerprint density at radius 2 is 1.89 bits per heavy atom. The molecule has 2 aliphatic heterocycles. The van der Waals surface area contributed by atoms with Crippen molar-refractivity contribution in [3.05, 3.63) is 47.7 Å². The van der Waals surface area contributed by atoms with Gasteiger partial charge in [-0.15, -0.1) is 0 Å². The number of benzene rings is 2. The summed E-state index contributed by atoms with van der Waals surface area (Å²) in [6, 6.07) is 6.67. The number of hydrogen-bond donors (Lipinski definition) is 1. The van der Waals surface area contributed by atoms with Crippen molar-refractivity contribution in [3.8, 4) is 23.0 Å². The van der Waals surface area contributed by atoms with Gasteiger partial charge in [0.05, 0.1) is 18.6 Å². The van der Waals surface area contributed by atoms with Gasteiger partial charge in [-0.25, -0.2) is 8.78 Å². The van der Waals surface area contributed by atoms with Crippen LogP contribution >= 0.6 is 0 Å². The van der Waals surface area contributed by atoms with Crippen molar-refractivity contribution < 1.29 is 23.4 Å². The van der Waals surface area contributed by atoms with Gasteiger partial charge in [0.25, 0.3) is 0 Å². The fourth-order valence-electron chi connectivity index (χ4n) is 8.58. The number of phenols is 1. The molecule has 4 aromatic rings. The molecule has 8 rings (SSSR count). The van der Waals surface area contributed by atoms with Crippen molar-refractivity contribution in [3.63, 3.8) is 0 Å². The number of phenolic OH excluding ortho intramolecular Hbond substituents is 1. The zero-order valence-corrected chi connectivity index (χ0v) is 27.1. The van der Waals surface area contributed by atoms with Gasteiger partial charge < -0.3 is 19.5 Å². The molecular formula is C37H43F2N5O3. The van der Waals surface area contributed by atoms with Crippen LogP contribution in [0.3, 0.4) is 0 Å². The van der Waals surface area contributed by atoms with Gasteiger partial charge in [0.1, 0.15) is 28.6 Å². The molecule has 0 unspecified atom stereocenters. The van der Waals surface area contributed by atoms with Gasteiger partial charge in [0.15, 0.2) is 5.82 Å². The molecular weight excluding hydrogens is 600 g/mol. The van der Waals surface area contributed by atoms with Gasteiger partial charge in [0.2, 0.25) is 0 Å². The van der Waals surface area contributed by atoms with Crippen LogP contribution < -0.4 is 9.64 Å². The van der Waals surface area contributed by atoms with E-state index in [-0.39, 0.29) is 34.2 Å². The van der Waals surface area contributed by atoms with Crippen molar-refractivity contribution in [2.75, 3.05) is 50.9 Å². The highest BCUT2D eigenvalue weighted by atomic mass is 19.1. The predicted molar refractivity (Wildman–Crippen MR) is 178 cm³/mol. The molecule has 10 heteroatoms. The molecule has 2 atom stereocenters. The lowest BCUT2D eigenvalue weighted by Crippen LogP contribution is -2.52. The molecule has 0 amide bonds. The van der Waals surface area contributed by atoms with E-state index in [1.54, 1.807) is 18.3 Å². The number of rotatable bonds is 8. The number of aryl methyl sites for hydroxylation is 1. The summed E-state index contributed by atoms with van der Waals surface area (Å²) in [5.74, 6) is 0.350. The summed E-state index contributed by atoms with van der Waals surface area (Å²) in [5, 5.41) is 12.3. The van der Waals surface area contributed by atoms with Crippen LogP contribution in [0.4, 0.5) is 14.6 Å². The Balaban J connectivity index is 1.22. The summed E-state index contributed by atoms with van der Waals surface area (Å²) in [6.45, 7) is 7.21. The van der Waals surface area contributed by atoms with Crippen LogP contribution in [0.5, 0.6) is 11.8 Å². The number of fused-ring (bicyclic) bond motifs is 3. The number of ether oxygens (including phenoxy) is 2. The smallest absolute Gasteiger partial charge is 0.319 e. The number of anilines is 1. The zero-order valence-electron chi connectivity index (χ0n) is 27.1. The number of hydrogen-bond acceptors (Lipinski definition) is 8. The van der Waals surface area contributed by atoms with E-state index >= 15 is 8.78 Å². The molecule has 2 aromatic carbocycles. The Kier molecular flexibility index (Phi) is 8.12. The minimum Gasteiger partial charge on any atom is -0.508 e. The van der Waals surface area contributed by atoms with Crippen LogP contribution in [-0.2, 0) is 11.2 Å². The first-order chi connectivity index (χ1) is 22.9. The predicted octanol–water partition coefficient (Wildman–Crippen LogP) is 7.04. The second kappa shape index (κ2) is 12.4. The van der Waals surface area contributed by atoms with E-state index in [0.717, 1.165) is 38.1 Å². The first kappa shape index (κ1) is 30.7. The van der Waals surface area contributed by atoms with Crippen LogP contribution in [-0.4, -0.2) is 77.0 Å². The maximum Gasteiger partial charge on any atom is 0.319 e. The fourth-order valence-corrected chi connectivity index (χ4v) is 8.58. The Morgan fingerprint density at radius 3 is 2.74 bits per heavy atom. The molecule has 2 aliphatic carbocycles. The highest BCUT2D eigenvalue weighted by molar-refractivity contribution is 6.01. The van der Waals surface area contributed by atoms with Crippen LogP contribution in [0.25, 0.3) is 32.9 Å². The number of pyridine rings is 1. The Bertz CT molecular complexity index is 1810. The maximum absolute atomic E-state index is 16.9. The molecule has 8 nitrogen and oxygen atoms in total. The third-order valence-corrected chi connectivity index (χ3v) is 11.0. The second-order valence-corrected chi connectivity index (χ2v) is 14.0. The fraction of sp³-hybridized carbons (Fsp3) is 0.541. The van der Waals surface area contributed by atoms with Gasteiger partial charge in [-0.3, -0.25) is 9.88 Å². The first-order valence-corrected chi connectivity index (χ1v) is 17.4. The molecule has 2 saturated heterocycles. The number of aromatic nitrogens is 3. The largest absolute Gasteiger partial charge is 0.508 e. The number of aromatic hydroxyl groups is 1. The summed E-state index contributed by atoms with van der Waals surface area (Å²) in [4.78, 5) is 19.0. The monoisotopic (exact) mass is 643 g/mol. The Labute approximate surface area is 274 Å². The summed E-state index contributed by atoms with van der Waals surface area (Å²) in [7, 11) is 0. The van der Waals surface area contributed by atoms with E-state index in [1.165, 1.54) is 44.4 Å². The van der Waals surface area contributed by atoms with E-state index in [2.05, 4.69) is 14.8 Å². The lowest BCUT2D eigenvalue weighted by Gasteiger charge is -2.46. The number of likely N-dealkylation sites (tertiary alicyclic amines) is 1. The van der Waals surface area contributed by atoms with Crippen LogP contribution in [0.15, 0.2) is 30.5 Å². The highest BCUT2D eigenvalue weighted by Gasteiger charge is 2.49. The van der Waals surface area contributed by atoms with E-state index in [1.807, 2.05) is 6.92 Å². The molecule has 2 saturated carbocycles. The average molecular weight is 644 g/mol. The van der Waals surface area contributed by atoms with Gasteiger partial charge in [0, 0.05) is 49.5 Å². The SMILES string of the molecule is CCc1c(F)ccc2cc(O)cc(-c3ncc4c(N5CCCOCC5)nc(OC[C@]56CCC[C@H]5N(CC5CC5)CCC6)nc4c3F)c12.